The van der Waals surface area contributed by atoms with Gasteiger partial charge in [0.25, 0.3) is 5.56 Å². The van der Waals surface area contributed by atoms with Gasteiger partial charge in [-0.25, -0.2) is 4.98 Å². The van der Waals surface area contributed by atoms with Crippen molar-refractivity contribution in [1.29, 1.82) is 0 Å². The van der Waals surface area contributed by atoms with Gasteiger partial charge in [0.05, 0.1) is 10.6 Å². The molecule has 0 saturated heterocycles. The van der Waals surface area contributed by atoms with E-state index in [1.54, 1.807) is 13.1 Å². The summed E-state index contributed by atoms with van der Waals surface area (Å²) in [7, 11) is 1.68. The van der Waals surface area contributed by atoms with Gasteiger partial charge in [-0.2, -0.15) is 0 Å². The molecule has 1 amide bonds. The van der Waals surface area contributed by atoms with E-state index in [9.17, 15) is 9.59 Å². The molecular weight excluding hydrogens is 402 g/mol. The predicted octanol–water partition coefficient (Wildman–Crippen LogP) is 4.78. The number of anilines is 1. The molecule has 29 heavy (non-hydrogen) atoms. The summed E-state index contributed by atoms with van der Waals surface area (Å²) < 4.78 is 1.50. The number of fused-ring (bicyclic) bond motifs is 1. The Morgan fingerprint density at radius 2 is 1.83 bits per heavy atom. The quantitative estimate of drug-likeness (QED) is 0.372. The third kappa shape index (κ3) is 3.97. The molecule has 2 heterocycles. The molecule has 0 bridgehead atoms. The van der Waals surface area contributed by atoms with Gasteiger partial charge in [0.1, 0.15) is 4.83 Å². The summed E-state index contributed by atoms with van der Waals surface area (Å²) in [6.45, 7) is 1.82. The summed E-state index contributed by atoms with van der Waals surface area (Å²) >= 11 is 2.70. The van der Waals surface area contributed by atoms with E-state index >= 15 is 0 Å². The molecule has 1 N–H and O–H groups in total. The molecule has 2 aromatic carbocycles. The minimum absolute atomic E-state index is 0.0965. The highest BCUT2D eigenvalue weighted by Gasteiger charge is 2.19. The lowest BCUT2D eigenvalue weighted by atomic mass is 10.0. The van der Waals surface area contributed by atoms with Crippen molar-refractivity contribution in [2.45, 2.75) is 17.3 Å². The maximum atomic E-state index is 12.9. The first-order chi connectivity index (χ1) is 14.0. The molecule has 0 saturated carbocycles. The van der Waals surface area contributed by atoms with E-state index in [0.717, 1.165) is 16.8 Å². The first-order valence-corrected chi connectivity index (χ1v) is 10.9. The number of hydrogen-bond donors (Lipinski definition) is 1. The van der Waals surface area contributed by atoms with Crippen LogP contribution in [0.4, 0.5) is 5.69 Å². The monoisotopic (exact) mass is 421 g/mol. The van der Waals surface area contributed by atoms with Crippen LogP contribution >= 0.6 is 23.1 Å². The minimum atomic E-state index is -0.422. The second kappa shape index (κ2) is 8.23. The number of aromatic nitrogens is 2. The molecule has 0 fully saturated rings. The molecule has 7 heteroatoms. The maximum Gasteiger partial charge on any atom is 0.262 e. The summed E-state index contributed by atoms with van der Waals surface area (Å²) in [6.07, 6.45) is 0. The first kappa shape index (κ1) is 19.4. The molecule has 146 valence electrons. The van der Waals surface area contributed by atoms with Crippen LogP contribution in [0.1, 0.15) is 6.92 Å². The summed E-state index contributed by atoms with van der Waals surface area (Å²) in [4.78, 5) is 30.6. The minimum Gasteiger partial charge on any atom is -0.325 e. The molecule has 5 nitrogen and oxygen atoms in total. The molecule has 1 unspecified atom stereocenters. The van der Waals surface area contributed by atoms with Gasteiger partial charge in [-0.1, -0.05) is 60.3 Å². The van der Waals surface area contributed by atoms with Gasteiger partial charge in [-0.3, -0.25) is 14.2 Å². The van der Waals surface area contributed by atoms with Crippen LogP contribution in [-0.2, 0) is 11.8 Å². The van der Waals surface area contributed by atoms with Gasteiger partial charge in [0, 0.05) is 18.3 Å². The van der Waals surface area contributed by atoms with Gasteiger partial charge < -0.3 is 5.32 Å². The molecule has 4 rings (SSSR count). The lowest BCUT2D eigenvalue weighted by molar-refractivity contribution is -0.115. The summed E-state index contributed by atoms with van der Waals surface area (Å²) in [5.41, 5.74) is 2.66. The standard InChI is InChI=1S/C22H19N3O2S2/c1-14(29-22-24-20-17(12-13-28-20)21(27)25(22)2)19(26)23-18-11-7-6-10-16(18)15-8-4-3-5-9-15/h3-14H,1-2H3,(H,23,26). The molecule has 0 aliphatic carbocycles. The summed E-state index contributed by atoms with van der Waals surface area (Å²) in [5, 5.41) is 5.59. The molecule has 4 aromatic rings. The smallest absolute Gasteiger partial charge is 0.262 e. The Morgan fingerprint density at radius 1 is 1.10 bits per heavy atom. The Kier molecular flexibility index (Phi) is 5.51. The molecule has 0 aliphatic heterocycles. The van der Waals surface area contributed by atoms with Crippen LogP contribution in [-0.4, -0.2) is 20.7 Å². The van der Waals surface area contributed by atoms with Crippen LogP contribution in [0.3, 0.4) is 0 Å². The van der Waals surface area contributed by atoms with Crippen LogP contribution in [0.25, 0.3) is 21.3 Å². The predicted molar refractivity (Wildman–Crippen MR) is 121 cm³/mol. The normalized spacial score (nSPS) is 12.1. The zero-order valence-corrected chi connectivity index (χ0v) is 17.6. The number of carbonyl (C=O) groups is 1. The molecule has 0 radical (unpaired) electrons. The molecule has 0 aliphatic rings. The van der Waals surface area contributed by atoms with E-state index < -0.39 is 5.25 Å². The van der Waals surface area contributed by atoms with Crippen LogP contribution in [0, 0.1) is 0 Å². The topological polar surface area (TPSA) is 64.0 Å². The Labute approximate surface area is 176 Å². The molecular formula is C22H19N3O2S2. The number of benzene rings is 2. The molecule has 0 spiro atoms. The van der Waals surface area contributed by atoms with E-state index in [2.05, 4.69) is 10.3 Å². The highest BCUT2D eigenvalue weighted by molar-refractivity contribution is 8.00. The average Bonchev–Trinajstić information content (AvgIpc) is 3.21. The first-order valence-electron chi connectivity index (χ1n) is 9.11. The van der Waals surface area contributed by atoms with E-state index in [-0.39, 0.29) is 11.5 Å². The van der Waals surface area contributed by atoms with Gasteiger partial charge in [0.2, 0.25) is 5.91 Å². The van der Waals surface area contributed by atoms with Crippen LogP contribution < -0.4 is 10.9 Å². The van der Waals surface area contributed by atoms with Crippen molar-refractivity contribution in [1.82, 2.24) is 9.55 Å². The number of rotatable bonds is 5. The van der Waals surface area contributed by atoms with Crippen molar-refractivity contribution in [2.24, 2.45) is 7.05 Å². The van der Waals surface area contributed by atoms with Crippen molar-refractivity contribution in [3.63, 3.8) is 0 Å². The van der Waals surface area contributed by atoms with Crippen molar-refractivity contribution in [2.75, 3.05) is 5.32 Å². The zero-order chi connectivity index (χ0) is 20.4. The number of nitrogens with one attached hydrogen (secondary N) is 1. The molecule has 1 atom stereocenters. The second-order valence-corrected chi connectivity index (χ2v) is 8.76. The maximum absolute atomic E-state index is 12.9. The highest BCUT2D eigenvalue weighted by Crippen LogP contribution is 2.29. The van der Waals surface area contributed by atoms with Gasteiger partial charge in [-0.15, -0.1) is 11.3 Å². The Balaban J connectivity index is 1.56. The van der Waals surface area contributed by atoms with E-state index in [1.165, 1.54) is 27.7 Å². The fourth-order valence-corrected chi connectivity index (χ4v) is 4.67. The van der Waals surface area contributed by atoms with Crippen molar-refractivity contribution in [3.05, 3.63) is 76.4 Å². The Hall–Kier alpha value is -2.90. The molecule has 2 aromatic heterocycles. The Bertz CT molecular complexity index is 1230. The summed E-state index contributed by atoms with van der Waals surface area (Å²) in [5.74, 6) is -0.140. The van der Waals surface area contributed by atoms with Crippen molar-refractivity contribution >= 4 is 44.9 Å². The zero-order valence-electron chi connectivity index (χ0n) is 16.0. The van der Waals surface area contributed by atoms with Crippen LogP contribution in [0.5, 0.6) is 0 Å². The largest absolute Gasteiger partial charge is 0.325 e. The third-order valence-corrected chi connectivity index (χ3v) is 6.54. The fourth-order valence-electron chi connectivity index (χ4n) is 2.99. The van der Waals surface area contributed by atoms with Gasteiger partial charge in [0.15, 0.2) is 5.16 Å². The van der Waals surface area contributed by atoms with Gasteiger partial charge >= 0.3 is 0 Å². The fraction of sp³-hybridized carbons (Fsp3) is 0.136. The Morgan fingerprint density at radius 3 is 2.62 bits per heavy atom. The number of thiophene rings is 1. The second-order valence-electron chi connectivity index (χ2n) is 6.56. The lowest BCUT2D eigenvalue weighted by Gasteiger charge is -2.15. The van der Waals surface area contributed by atoms with Gasteiger partial charge in [-0.05, 0) is 30.0 Å². The van der Waals surface area contributed by atoms with E-state index in [1.807, 2.05) is 66.9 Å². The number of para-hydroxylation sites is 1. The average molecular weight is 422 g/mol. The number of nitrogens with zero attached hydrogens (tertiary/aromatic N) is 2. The van der Waals surface area contributed by atoms with Crippen LogP contribution in [0.2, 0.25) is 0 Å². The van der Waals surface area contributed by atoms with Crippen molar-refractivity contribution < 1.29 is 4.79 Å². The highest BCUT2D eigenvalue weighted by atomic mass is 32.2. The van der Waals surface area contributed by atoms with Crippen molar-refractivity contribution in [3.8, 4) is 11.1 Å². The number of hydrogen-bond acceptors (Lipinski definition) is 5. The van der Waals surface area contributed by atoms with E-state index in [4.69, 9.17) is 0 Å². The summed E-state index contributed by atoms with van der Waals surface area (Å²) in [6, 6.07) is 19.4. The SMILES string of the molecule is CC(Sc1nc2sccc2c(=O)n1C)C(=O)Nc1ccccc1-c1ccccc1. The van der Waals surface area contributed by atoms with Crippen LogP contribution in [0.15, 0.2) is 76.0 Å². The lowest BCUT2D eigenvalue weighted by Crippen LogP contribution is -2.25. The third-order valence-electron chi connectivity index (χ3n) is 4.59. The number of amides is 1. The number of carbonyl (C=O) groups excluding carboxylic acids is 1. The number of thioether (sulfide) groups is 1. The van der Waals surface area contributed by atoms with E-state index in [0.29, 0.717) is 15.4 Å².